The van der Waals surface area contributed by atoms with Crippen LogP contribution in [0.3, 0.4) is 0 Å². The standard InChI is InChI=1S/C35H33F3N6O5S/c1-49-28-7-5-27(6-8-28)44-34(41-31-20-23(36)2-11-30(31)35(44)46)32(18-22-16-24(37)19-25(38)17-22)40-33(45)21-42-12-14-43(15-13-42)50(47,48)29-9-3-26(39)4-10-29/h2-11,16-17,19-20,32H,12-15,18,21,39H2,1H3,(H,40,45)/t32-/m0/s1. The monoisotopic (exact) mass is 706 g/mol. The summed E-state index contributed by atoms with van der Waals surface area (Å²) in [5, 5.41) is 2.98. The summed E-state index contributed by atoms with van der Waals surface area (Å²) in [5.41, 5.74) is 6.13. The molecule has 6 rings (SSSR count). The number of carbonyl (C=O) groups excluding carboxylic acids is 1. The number of halogens is 3. The van der Waals surface area contributed by atoms with Gasteiger partial charge in [0, 0.05) is 50.4 Å². The number of rotatable bonds is 10. The van der Waals surface area contributed by atoms with E-state index in [0.29, 0.717) is 23.2 Å². The molecule has 5 aromatic rings. The molecule has 3 N–H and O–H groups in total. The first-order chi connectivity index (χ1) is 23.9. The van der Waals surface area contributed by atoms with Crippen LogP contribution in [0.1, 0.15) is 17.4 Å². The molecule has 1 amide bonds. The minimum atomic E-state index is -3.77. The second kappa shape index (κ2) is 14.3. The van der Waals surface area contributed by atoms with E-state index in [1.807, 2.05) is 0 Å². The Labute approximate surface area is 285 Å². The number of aromatic nitrogens is 2. The van der Waals surface area contributed by atoms with Crippen molar-refractivity contribution in [1.29, 1.82) is 0 Å². The van der Waals surface area contributed by atoms with Crippen LogP contribution in [-0.2, 0) is 21.2 Å². The summed E-state index contributed by atoms with van der Waals surface area (Å²) in [6.45, 7) is 0.581. The van der Waals surface area contributed by atoms with E-state index >= 15 is 0 Å². The van der Waals surface area contributed by atoms with Crippen molar-refractivity contribution in [3.63, 3.8) is 0 Å². The molecule has 1 aliphatic rings. The highest BCUT2D eigenvalue weighted by Crippen LogP contribution is 2.25. The van der Waals surface area contributed by atoms with Gasteiger partial charge in [-0.1, -0.05) is 0 Å². The Morgan fingerprint density at radius 1 is 0.900 bits per heavy atom. The van der Waals surface area contributed by atoms with Gasteiger partial charge >= 0.3 is 0 Å². The number of hydrogen-bond donors (Lipinski definition) is 2. The fourth-order valence-electron chi connectivity index (χ4n) is 5.92. The number of carbonyl (C=O) groups is 1. The predicted molar refractivity (Wildman–Crippen MR) is 181 cm³/mol. The highest BCUT2D eigenvalue weighted by atomic mass is 32.2. The largest absolute Gasteiger partial charge is 0.497 e. The van der Waals surface area contributed by atoms with E-state index in [4.69, 9.17) is 10.5 Å². The van der Waals surface area contributed by atoms with Crippen LogP contribution in [0.25, 0.3) is 16.6 Å². The summed E-state index contributed by atoms with van der Waals surface area (Å²) in [6.07, 6.45) is -0.183. The topological polar surface area (TPSA) is 140 Å². The van der Waals surface area contributed by atoms with Gasteiger partial charge in [-0.15, -0.1) is 0 Å². The van der Waals surface area contributed by atoms with Crippen LogP contribution in [0.4, 0.5) is 18.9 Å². The van der Waals surface area contributed by atoms with Crippen LogP contribution in [0.5, 0.6) is 5.75 Å². The van der Waals surface area contributed by atoms with E-state index in [1.54, 1.807) is 29.2 Å². The number of piperazine rings is 1. The Morgan fingerprint density at radius 2 is 1.56 bits per heavy atom. The molecular weight excluding hydrogens is 673 g/mol. The molecule has 2 heterocycles. The molecule has 50 heavy (non-hydrogen) atoms. The number of hydrogen-bond acceptors (Lipinski definition) is 8. The molecule has 4 aromatic carbocycles. The average Bonchev–Trinajstić information content (AvgIpc) is 3.08. The van der Waals surface area contributed by atoms with Crippen LogP contribution >= 0.6 is 0 Å². The third kappa shape index (κ3) is 7.49. The summed E-state index contributed by atoms with van der Waals surface area (Å²) in [6, 6.07) is 17.7. The summed E-state index contributed by atoms with van der Waals surface area (Å²) in [7, 11) is -2.29. The number of nitrogens with two attached hydrogens (primary N) is 1. The number of benzene rings is 4. The fourth-order valence-corrected chi connectivity index (χ4v) is 7.34. The van der Waals surface area contributed by atoms with Gasteiger partial charge in [0.25, 0.3) is 5.56 Å². The van der Waals surface area contributed by atoms with Crippen LogP contribution in [0.2, 0.25) is 0 Å². The number of nitrogens with zero attached hydrogens (tertiary/aromatic N) is 4. The van der Waals surface area contributed by atoms with Gasteiger partial charge in [0.2, 0.25) is 15.9 Å². The summed E-state index contributed by atoms with van der Waals surface area (Å²) in [4.78, 5) is 34.1. The van der Waals surface area contributed by atoms with Gasteiger partial charge < -0.3 is 15.8 Å². The lowest BCUT2D eigenvalue weighted by atomic mass is 10.0. The first-order valence-corrected chi connectivity index (χ1v) is 17.0. The molecule has 11 nitrogen and oxygen atoms in total. The Balaban J connectivity index is 1.31. The lowest BCUT2D eigenvalue weighted by Gasteiger charge is -2.34. The second-order valence-electron chi connectivity index (χ2n) is 11.8. The van der Waals surface area contributed by atoms with E-state index in [9.17, 15) is 31.2 Å². The highest BCUT2D eigenvalue weighted by molar-refractivity contribution is 7.89. The van der Waals surface area contributed by atoms with Gasteiger partial charge in [0.1, 0.15) is 29.0 Å². The first-order valence-electron chi connectivity index (χ1n) is 15.6. The maximum Gasteiger partial charge on any atom is 0.266 e. The predicted octanol–water partition coefficient (Wildman–Crippen LogP) is 3.80. The van der Waals surface area contributed by atoms with Crippen molar-refractivity contribution in [2.75, 3.05) is 45.6 Å². The molecule has 0 spiro atoms. The SMILES string of the molecule is COc1ccc(-n2c([C@H](Cc3cc(F)cc(F)c3)NC(=O)CN3CCN(S(=O)(=O)c4ccc(N)cc4)CC3)nc3cc(F)ccc3c2=O)cc1. The minimum absolute atomic E-state index is 0.00398. The molecule has 0 saturated carbocycles. The van der Waals surface area contributed by atoms with Crippen molar-refractivity contribution >= 4 is 32.5 Å². The average molecular weight is 707 g/mol. The van der Waals surface area contributed by atoms with E-state index in [2.05, 4.69) is 10.3 Å². The number of nitrogens with one attached hydrogen (secondary N) is 1. The maximum absolute atomic E-state index is 14.4. The van der Waals surface area contributed by atoms with E-state index in [-0.39, 0.29) is 66.3 Å². The normalized spacial score (nSPS) is 14.8. The van der Waals surface area contributed by atoms with Crippen molar-refractivity contribution in [3.8, 4) is 11.4 Å². The lowest BCUT2D eigenvalue weighted by Crippen LogP contribution is -2.51. The zero-order chi connectivity index (χ0) is 35.6. The molecule has 260 valence electrons. The van der Waals surface area contributed by atoms with Crippen LogP contribution < -0.4 is 21.3 Å². The molecule has 1 fully saturated rings. The summed E-state index contributed by atoms with van der Waals surface area (Å²) < 4.78 is 77.1. The Kier molecular flexibility index (Phi) is 9.90. The van der Waals surface area contributed by atoms with Gasteiger partial charge in [0.05, 0.1) is 41.2 Å². The zero-order valence-corrected chi connectivity index (χ0v) is 27.7. The molecule has 0 unspecified atom stereocenters. The van der Waals surface area contributed by atoms with Crippen molar-refractivity contribution in [3.05, 3.63) is 124 Å². The number of fused-ring (bicyclic) bond motifs is 1. The third-order valence-electron chi connectivity index (χ3n) is 8.41. The highest BCUT2D eigenvalue weighted by Gasteiger charge is 2.30. The molecule has 15 heteroatoms. The molecule has 0 radical (unpaired) electrons. The first kappa shape index (κ1) is 34.6. The van der Waals surface area contributed by atoms with Crippen LogP contribution in [0.15, 0.2) is 94.6 Å². The number of sulfonamides is 1. The quantitative estimate of drug-likeness (QED) is 0.209. The van der Waals surface area contributed by atoms with Crippen LogP contribution in [-0.4, -0.2) is 72.9 Å². The minimum Gasteiger partial charge on any atom is -0.497 e. The van der Waals surface area contributed by atoms with Crippen molar-refractivity contribution in [2.24, 2.45) is 0 Å². The molecule has 1 atom stereocenters. The summed E-state index contributed by atoms with van der Waals surface area (Å²) in [5.74, 6) is -2.31. The Hall–Kier alpha value is -5.25. The Bertz CT molecular complexity index is 2190. The van der Waals surface area contributed by atoms with Crippen LogP contribution in [0, 0.1) is 17.5 Å². The van der Waals surface area contributed by atoms with Gasteiger partial charge in [-0.3, -0.25) is 19.1 Å². The smallest absolute Gasteiger partial charge is 0.266 e. The van der Waals surface area contributed by atoms with Crippen molar-refractivity contribution < 1.29 is 31.1 Å². The van der Waals surface area contributed by atoms with Gasteiger partial charge in [-0.25, -0.2) is 26.6 Å². The van der Waals surface area contributed by atoms with Gasteiger partial charge in [-0.05, 0) is 78.4 Å². The molecule has 0 aliphatic carbocycles. The molecule has 1 aromatic heterocycles. The Morgan fingerprint density at radius 3 is 2.20 bits per heavy atom. The number of anilines is 1. The molecule has 1 saturated heterocycles. The van der Waals surface area contributed by atoms with Gasteiger partial charge in [0.15, 0.2) is 0 Å². The maximum atomic E-state index is 14.4. The number of methoxy groups -OCH3 is 1. The number of ether oxygens (including phenoxy) is 1. The third-order valence-corrected chi connectivity index (χ3v) is 10.3. The zero-order valence-electron chi connectivity index (χ0n) is 26.9. The molecular formula is C35H33F3N6O5S. The van der Waals surface area contributed by atoms with Gasteiger partial charge in [-0.2, -0.15) is 4.31 Å². The summed E-state index contributed by atoms with van der Waals surface area (Å²) >= 11 is 0. The van der Waals surface area contributed by atoms with E-state index in [0.717, 1.165) is 24.3 Å². The number of amides is 1. The van der Waals surface area contributed by atoms with Crippen molar-refractivity contribution in [1.82, 2.24) is 24.1 Å². The van der Waals surface area contributed by atoms with E-state index in [1.165, 1.54) is 46.3 Å². The molecule has 0 bridgehead atoms. The molecule has 1 aliphatic heterocycles. The second-order valence-corrected chi connectivity index (χ2v) is 13.8. The van der Waals surface area contributed by atoms with Crippen molar-refractivity contribution in [2.45, 2.75) is 17.4 Å². The lowest BCUT2D eigenvalue weighted by molar-refractivity contribution is -0.123. The van der Waals surface area contributed by atoms with E-state index < -0.39 is 45.0 Å². The fraction of sp³-hybridized carbons (Fsp3) is 0.229. The number of nitrogen functional groups attached to an aromatic ring is 1.